The quantitative estimate of drug-likeness (QED) is 0.613. The summed E-state index contributed by atoms with van der Waals surface area (Å²) in [7, 11) is 0. The van der Waals surface area contributed by atoms with Gasteiger partial charge in [0.1, 0.15) is 0 Å². The molecular formula is C18H29NO. The molecule has 0 aromatic heterocycles. The minimum absolute atomic E-state index is 0.709. The summed E-state index contributed by atoms with van der Waals surface area (Å²) >= 11 is 0. The first-order valence-electron chi connectivity index (χ1n) is 7.79. The van der Waals surface area contributed by atoms with Crippen LogP contribution >= 0.6 is 0 Å². The number of rotatable bonds is 11. The van der Waals surface area contributed by atoms with Crippen molar-refractivity contribution in [1.82, 2.24) is 5.32 Å². The fourth-order valence-corrected chi connectivity index (χ4v) is 1.92. The minimum atomic E-state index is 0.709. The van der Waals surface area contributed by atoms with Crippen molar-refractivity contribution in [2.45, 2.75) is 33.1 Å². The monoisotopic (exact) mass is 275 g/mol. The molecule has 1 rings (SSSR count). The Morgan fingerprint density at radius 1 is 1.10 bits per heavy atom. The zero-order chi connectivity index (χ0) is 14.5. The van der Waals surface area contributed by atoms with E-state index in [2.05, 4.69) is 43.4 Å². The molecule has 0 unspecified atom stereocenters. The molecule has 0 heterocycles. The fourth-order valence-electron chi connectivity index (χ4n) is 1.92. The van der Waals surface area contributed by atoms with Crippen LogP contribution in [0.2, 0.25) is 0 Å². The second kappa shape index (κ2) is 11.7. The maximum Gasteiger partial charge on any atom is 0.0650 e. The van der Waals surface area contributed by atoms with Gasteiger partial charge in [0.25, 0.3) is 0 Å². The average molecular weight is 275 g/mol. The number of hydrogen-bond donors (Lipinski definition) is 1. The Bertz CT molecular complexity index is 346. The molecule has 20 heavy (non-hydrogen) atoms. The van der Waals surface area contributed by atoms with E-state index in [-0.39, 0.29) is 0 Å². The van der Waals surface area contributed by atoms with Crippen molar-refractivity contribution >= 4 is 6.08 Å². The van der Waals surface area contributed by atoms with Gasteiger partial charge in [-0.3, -0.25) is 0 Å². The van der Waals surface area contributed by atoms with Gasteiger partial charge < -0.3 is 10.1 Å². The molecule has 1 N–H and O–H groups in total. The SMILES string of the molecule is CC(C)CNCCCCCOCC=Cc1ccccc1. The van der Waals surface area contributed by atoms with E-state index in [1.54, 1.807) is 0 Å². The smallest absolute Gasteiger partial charge is 0.0650 e. The fraction of sp³-hybridized carbons (Fsp3) is 0.556. The first-order chi connectivity index (χ1) is 9.79. The van der Waals surface area contributed by atoms with Crippen LogP contribution in [-0.2, 0) is 4.74 Å². The van der Waals surface area contributed by atoms with Crippen molar-refractivity contribution in [3.63, 3.8) is 0 Å². The van der Waals surface area contributed by atoms with Gasteiger partial charge in [-0.05, 0) is 43.8 Å². The van der Waals surface area contributed by atoms with E-state index in [0.717, 1.165) is 32.0 Å². The molecule has 0 fully saturated rings. The van der Waals surface area contributed by atoms with Crippen LogP contribution in [0, 0.1) is 5.92 Å². The Balaban J connectivity index is 1.87. The van der Waals surface area contributed by atoms with Gasteiger partial charge >= 0.3 is 0 Å². The van der Waals surface area contributed by atoms with E-state index >= 15 is 0 Å². The van der Waals surface area contributed by atoms with E-state index in [4.69, 9.17) is 4.74 Å². The molecule has 0 atom stereocenters. The third-order valence-corrected chi connectivity index (χ3v) is 3.02. The molecule has 0 spiro atoms. The van der Waals surface area contributed by atoms with Gasteiger partial charge in [-0.2, -0.15) is 0 Å². The van der Waals surface area contributed by atoms with Gasteiger partial charge in [0.05, 0.1) is 6.61 Å². The Labute approximate surface area is 124 Å². The summed E-state index contributed by atoms with van der Waals surface area (Å²) in [6.07, 6.45) is 7.83. The summed E-state index contributed by atoms with van der Waals surface area (Å²) in [4.78, 5) is 0. The van der Waals surface area contributed by atoms with Crippen LogP contribution in [0.25, 0.3) is 6.08 Å². The van der Waals surface area contributed by atoms with Crippen molar-refractivity contribution in [2.24, 2.45) is 5.92 Å². The second-order valence-electron chi connectivity index (χ2n) is 5.55. The Morgan fingerprint density at radius 2 is 1.90 bits per heavy atom. The summed E-state index contributed by atoms with van der Waals surface area (Å²) in [5.74, 6) is 0.745. The van der Waals surface area contributed by atoms with Crippen molar-refractivity contribution < 1.29 is 4.74 Å². The number of benzene rings is 1. The molecular weight excluding hydrogens is 246 g/mol. The van der Waals surface area contributed by atoms with Crippen LogP contribution in [0.4, 0.5) is 0 Å². The van der Waals surface area contributed by atoms with Crippen molar-refractivity contribution in [3.05, 3.63) is 42.0 Å². The van der Waals surface area contributed by atoms with E-state index < -0.39 is 0 Å². The highest BCUT2D eigenvalue weighted by molar-refractivity contribution is 5.48. The maximum atomic E-state index is 5.59. The van der Waals surface area contributed by atoms with E-state index in [1.165, 1.54) is 18.4 Å². The third-order valence-electron chi connectivity index (χ3n) is 3.02. The summed E-state index contributed by atoms with van der Waals surface area (Å²) in [5, 5.41) is 3.46. The molecule has 0 aliphatic heterocycles. The molecule has 0 bridgehead atoms. The Hall–Kier alpha value is -1.12. The Morgan fingerprint density at radius 3 is 2.65 bits per heavy atom. The van der Waals surface area contributed by atoms with Gasteiger partial charge in [-0.15, -0.1) is 0 Å². The number of unbranched alkanes of at least 4 members (excludes halogenated alkanes) is 2. The molecule has 0 aliphatic carbocycles. The average Bonchev–Trinajstić information content (AvgIpc) is 2.45. The van der Waals surface area contributed by atoms with Crippen LogP contribution in [-0.4, -0.2) is 26.3 Å². The van der Waals surface area contributed by atoms with E-state index in [1.807, 2.05) is 18.2 Å². The van der Waals surface area contributed by atoms with Crippen LogP contribution in [0.5, 0.6) is 0 Å². The lowest BCUT2D eigenvalue weighted by Gasteiger charge is -2.06. The highest BCUT2D eigenvalue weighted by Gasteiger charge is 1.93. The molecule has 0 radical (unpaired) electrons. The lowest BCUT2D eigenvalue weighted by atomic mass is 10.2. The molecule has 112 valence electrons. The topological polar surface area (TPSA) is 21.3 Å². The minimum Gasteiger partial charge on any atom is -0.377 e. The van der Waals surface area contributed by atoms with Crippen LogP contribution < -0.4 is 5.32 Å². The van der Waals surface area contributed by atoms with Crippen molar-refractivity contribution in [3.8, 4) is 0 Å². The highest BCUT2D eigenvalue weighted by atomic mass is 16.5. The van der Waals surface area contributed by atoms with Crippen molar-refractivity contribution in [2.75, 3.05) is 26.3 Å². The largest absolute Gasteiger partial charge is 0.377 e. The lowest BCUT2D eigenvalue weighted by Crippen LogP contribution is -2.20. The number of nitrogens with one attached hydrogen (secondary N) is 1. The number of hydrogen-bond acceptors (Lipinski definition) is 2. The summed E-state index contributed by atoms with van der Waals surface area (Å²) in [6.45, 7) is 8.31. The second-order valence-corrected chi connectivity index (χ2v) is 5.55. The highest BCUT2D eigenvalue weighted by Crippen LogP contribution is 2.01. The van der Waals surface area contributed by atoms with Gasteiger partial charge in [0.15, 0.2) is 0 Å². The lowest BCUT2D eigenvalue weighted by molar-refractivity contribution is 0.157. The third kappa shape index (κ3) is 9.76. The zero-order valence-corrected chi connectivity index (χ0v) is 13.0. The maximum absolute atomic E-state index is 5.59. The van der Waals surface area contributed by atoms with Gasteiger partial charge in [0, 0.05) is 6.61 Å². The molecule has 0 amide bonds. The molecule has 0 saturated heterocycles. The first-order valence-corrected chi connectivity index (χ1v) is 7.79. The van der Waals surface area contributed by atoms with Crippen LogP contribution in [0.3, 0.4) is 0 Å². The summed E-state index contributed by atoms with van der Waals surface area (Å²) in [6, 6.07) is 10.3. The zero-order valence-electron chi connectivity index (χ0n) is 13.0. The standard InChI is InChI=1S/C18H29NO/c1-17(2)16-19-13-7-4-8-14-20-15-9-12-18-10-5-3-6-11-18/h3,5-6,9-12,17,19H,4,7-8,13-16H2,1-2H3. The van der Waals surface area contributed by atoms with E-state index in [9.17, 15) is 0 Å². The Kier molecular flexibility index (Phi) is 9.89. The molecule has 2 nitrogen and oxygen atoms in total. The van der Waals surface area contributed by atoms with Gasteiger partial charge in [0.2, 0.25) is 0 Å². The van der Waals surface area contributed by atoms with Crippen LogP contribution in [0.1, 0.15) is 38.7 Å². The summed E-state index contributed by atoms with van der Waals surface area (Å²) < 4.78 is 5.59. The normalized spacial score (nSPS) is 11.6. The molecule has 0 aliphatic rings. The summed E-state index contributed by atoms with van der Waals surface area (Å²) in [5.41, 5.74) is 1.23. The predicted octanol–water partition coefficient (Wildman–Crippen LogP) is 4.13. The first kappa shape index (κ1) is 16.9. The van der Waals surface area contributed by atoms with Gasteiger partial charge in [-0.25, -0.2) is 0 Å². The van der Waals surface area contributed by atoms with E-state index in [0.29, 0.717) is 6.61 Å². The molecule has 1 aromatic rings. The van der Waals surface area contributed by atoms with Crippen LogP contribution in [0.15, 0.2) is 36.4 Å². The van der Waals surface area contributed by atoms with Gasteiger partial charge in [-0.1, -0.05) is 56.3 Å². The predicted molar refractivity (Wildman–Crippen MR) is 87.9 cm³/mol. The molecule has 2 heteroatoms. The van der Waals surface area contributed by atoms with Crippen molar-refractivity contribution in [1.29, 1.82) is 0 Å². The molecule has 0 saturated carbocycles. The molecule has 1 aromatic carbocycles. The number of ether oxygens (including phenoxy) is 1.